The van der Waals surface area contributed by atoms with Gasteiger partial charge in [-0.15, -0.1) is 0 Å². The highest BCUT2D eigenvalue weighted by Gasteiger charge is 2.47. The molecule has 1 aliphatic heterocycles. The third-order valence-corrected chi connectivity index (χ3v) is 6.54. The number of benzene rings is 3. The van der Waals surface area contributed by atoms with Crippen LogP contribution in [-0.4, -0.2) is 25.2 Å². The number of aliphatic hydroxyl groups excluding tert-OH is 1. The molecule has 3 aromatic carbocycles. The largest absolute Gasteiger partial charge is 0.507 e. The van der Waals surface area contributed by atoms with E-state index in [1.807, 2.05) is 26.0 Å². The molecule has 4 rings (SSSR count). The minimum atomic E-state index is -3.92. The fraction of sp³-hybridized carbons (Fsp3) is 0.120. The Morgan fingerprint density at radius 1 is 0.848 bits per heavy atom. The molecule has 0 aliphatic carbocycles. The number of anilines is 1. The molecule has 3 N–H and O–H groups in total. The van der Waals surface area contributed by atoms with Gasteiger partial charge >= 0.3 is 0 Å². The molecule has 1 amide bonds. The van der Waals surface area contributed by atoms with Gasteiger partial charge in [0.05, 0.1) is 16.5 Å². The molecule has 0 bridgehead atoms. The number of aliphatic hydroxyl groups is 1. The fourth-order valence-electron chi connectivity index (χ4n) is 3.83. The van der Waals surface area contributed by atoms with E-state index >= 15 is 0 Å². The first-order chi connectivity index (χ1) is 15.6. The number of carbonyl (C=O) groups excluding carboxylic acids is 2. The highest BCUT2D eigenvalue weighted by Crippen LogP contribution is 2.42. The highest BCUT2D eigenvalue weighted by atomic mass is 32.2. The second kappa shape index (κ2) is 8.31. The van der Waals surface area contributed by atoms with E-state index in [2.05, 4.69) is 0 Å². The van der Waals surface area contributed by atoms with Gasteiger partial charge in [0.15, 0.2) is 0 Å². The summed E-state index contributed by atoms with van der Waals surface area (Å²) in [7, 11) is -3.92. The minimum Gasteiger partial charge on any atom is -0.507 e. The number of ketones is 1. The lowest BCUT2D eigenvalue weighted by atomic mass is 9.94. The van der Waals surface area contributed by atoms with Gasteiger partial charge < -0.3 is 5.11 Å². The van der Waals surface area contributed by atoms with Crippen molar-refractivity contribution in [3.63, 3.8) is 0 Å². The Kier molecular flexibility index (Phi) is 5.65. The maximum absolute atomic E-state index is 13.1. The molecule has 7 nitrogen and oxygen atoms in total. The Hall–Kier alpha value is -3.75. The van der Waals surface area contributed by atoms with Crippen LogP contribution in [0.25, 0.3) is 5.76 Å². The third-order valence-electron chi connectivity index (χ3n) is 5.61. The maximum atomic E-state index is 13.1. The molecule has 0 aromatic heterocycles. The van der Waals surface area contributed by atoms with Crippen molar-refractivity contribution in [2.45, 2.75) is 24.8 Å². The van der Waals surface area contributed by atoms with Crippen molar-refractivity contribution in [1.29, 1.82) is 0 Å². The third kappa shape index (κ3) is 4.18. The number of sulfonamides is 1. The number of hydrogen-bond acceptors (Lipinski definition) is 5. The molecule has 168 valence electrons. The van der Waals surface area contributed by atoms with Crippen LogP contribution in [0.4, 0.5) is 5.69 Å². The number of nitrogens with two attached hydrogens (primary N) is 1. The van der Waals surface area contributed by atoms with Crippen LogP contribution in [0.2, 0.25) is 0 Å². The van der Waals surface area contributed by atoms with E-state index in [0.717, 1.165) is 11.1 Å². The van der Waals surface area contributed by atoms with Gasteiger partial charge in [-0.25, -0.2) is 13.6 Å². The number of primary sulfonamides is 1. The number of rotatable bonds is 4. The summed E-state index contributed by atoms with van der Waals surface area (Å²) in [6.45, 7) is 3.82. The van der Waals surface area contributed by atoms with E-state index in [-0.39, 0.29) is 16.2 Å². The van der Waals surface area contributed by atoms with Crippen molar-refractivity contribution in [1.82, 2.24) is 0 Å². The first-order valence-corrected chi connectivity index (χ1v) is 11.7. The van der Waals surface area contributed by atoms with E-state index in [9.17, 15) is 23.1 Å². The minimum absolute atomic E-state index is 0.0387. The van der Waals surface area contributed by atoms with Gasteiger partial charge in [-0.05, 0) is 43.7 Å². The Balaban J connectivity index is 1.91. The summed E-state index contributed by atoms with van der Waals surface area (Å²) in [6, 6.07) is 18.7. The second-order valence-electron chi connectivity index (χ2n) is 7.98. The fourth-order valence-corrected chi connectivity index (χ4v) is 4.34. The van der Waals surface area contributed by atoms with Crippen molar-refractivity contribution in [2.75, 3.05) is 4.90 Å². The molecule has 33 heavy (non-hydrogen) atoms. The molecular weight excluding hydrogens is 440 g/mol. The smallest absolute Gasteiger partial charge is 0.300 e. The molecule has 1 saturated heterocycles. The van der Waals surface area contributed by atoms with E-state index < -0.39 is 27.8 Å². The van der Waals surface area contributed by atoms with E-state index in [0.29, 0.717) is 16.8 Å². The predicted molar refractivity (Wildman–Crippen MR) is 125 cm³/mol. The molecule has 0 radical (unpaired) electrons. The number of carbonyl (C=O) groups is 2. The lowest BCUT2D eigenvalue weighted by Crippen LogP contribution is -2.29. The summed E-state index contributed by atoms with van der Waals surface area (Å²) < 4.78 is 23.2. The van der Waals surface area contributed by atoms with E-state index in [1.54, 1.807) is 36.4 Å². The Labute approximate surface area is 191 Å². The van der Waals surface area contributed by atoms with Crippen molar-refractivity contribution in [2.24, 2.45) is 5.14 Å². The van der Waals surface area contributed by atoms with Crippen molar-refractivity contribution < 1.29 is 23.1 Å². The summed E-state index contributed by atoms with van der Waals surface area (Å²) in [5, 5.41) is 16.3. The molecule has 1 heterocycles. The molecule has 3 aromatic rings. The zero-order valence-corrected chi connectivity index (χ0v) is 18.8. The summed E-state index contributed by atoms with van der Waals surface area (Å²) in [5.74, 6) is -1.92. The summed E-state index contributed by atoms with van der Waals surface area (Å²) in [4.78, 5) is 27.4. The number of amides is 1. The zero-order chi connectivity index (χ0) is 23.9. The van der Waals surface area contributed by atoms with E-state index in [4.69, 9.17) is 5.14 Å². The molecule has 1 fully saturated rings. The second-order valence-corrected chi connectivity index (χ2v) is 9.55. The molecule has 8 heteroatoms. The van der Waals surface area contributed by atoms with Crippen LogP contribution in [0.5, 0.6) is 0 Å². The van der Waals surface area contributed by atoms with Crippen LogP contribution in [0, 0.1) is 13.8 Å². The number of Topliss-reactive ketones (excluding diaryl/α,β-unsaturated/α-hetero) is 1. The molecule has 0 spiro atoms. The highest BCUT2D eigenvalue weighted by molar-refractivity contribution is 7.89. The SMILES string of the molecule is Cc1ccc(/C(O)=C2/C(=O)C(=O)N(c3ccc(S(N)(=O)=O)cc3)C2c2ccc(C)cc2)cc1. The van der Waals surface area contributed by atoms with Gasteiger partial charge in [-0.2, -0.15) is 0 Å². The summed E-state index contributed by atoms with van der Waals surface area (Å²) in [5.41, 5.74) is 3.29. The van der Waals surface area contributed by atoms with Gasteiger partial charge in [0.2, 0.25) is 10.0 Å². The average Bonchev–Trinajstić information content (AvgIpc) is 3.04. The standard InChI is InChI=1S/C25H22N2O5S/c1-15-3-7-17(8-4-15)22-21(23(28)18-9-5-16(2)6-10-18)24(29)25(30)27(22)19-11-13-20(14-12-19)33(26,31)32/h3-14,22,28H,1-2H3,(H2,26,31,32)/b23-21-. The van der Waals surface area contributed by atoms with Gasteiger partial charge in [0, 0.05) is 11.3 Å². The zero-order valence-electron chi connectivity index (χ0n) is 18.0. The topological polar surface area (TPSA) is 118 Å². The first kappa shape index (κ1) is 22.4. The van der Waals surface area contributed by atoms with Crippen LogP contribution < -0.4 is 10.0 Å². The first-order valence-electron chi connectivity index (χ1n) is 10.2. The van der Waals surface area contributed by atoms with Crippen molar-refractivity contribution in [3.8, 4) is 0 Å². The molecule has 0 saturated carbocycles. The molecule has 1 atom stereocenters. The quantitative estimate of drug-likeness (QED) is 0.349. The Morgan fingerprint density at radius 2 is 1.36 bits per heavy atom. The van der Waals surface area contributed by atoms with Crippen LogP contribution in [0.3, 0.4) is 0 Å². The van der Waals surface area contributed by atoms with Gasteiger partial charge in [-0.3, -0.25) is 14.5 Å². The number of nitrogens with zero attached hydrogens (tertiary/aromatic N) is 1. The summed E-state index contributed by atoms with van der Waals surface area (Å²) >= 11 is 0. The van der Waals surface area contributed by atoms with E-state index in [1.165, 1.54) is 29.2 Å². The monoisotopic (exact) mass is 462 g/mol. The normalized spacial score (nSPS) is 18.0. The van der Waals surface area contributed by atoms with Crippen molar-refractivity contribution >= 4 is 33.2 Å². The van der Waals surface area contributed by atoms with Crippen LogP contribution >= 0.6 is 0 Å². The van der Waals surface area contributed by atoms with Crippen LogP contribution in [0.15, 0.2) is 83.3 Å². The Morgan fingerprint density at radius 3 is 1.88 bits per heavy atom. The number of hydrogen-bond donors (Lipinski definition) is 2. The maximum Gasteiger partial charge on any atom is 0.300 e. The molecule has 1 aliphatic rings. The van der Waals surface area contributed by atoms with Crippen LogP contribution in [0.1, 0.15) is 28.3 Å². The average molecular weight is 463 g/mol. The van der Waals surface area contributed by atoms with Gasteiger partial charge in [-0.1, -0.05) is 59.7 Å². The summed E-state index contributed by atoms with van der Waals surface area (Å²) in [6.07, 6.45) is 0. The Bertz CT molecular complexity index is 1370. The van der Waals surface area contributed by atoms with Gasteiger partial charge in [0.25, 0.3) is 11.7 Å². The van der Waals surface area contributed by atoms with Crippen LogP contribution in [-0.2, 0) is 19.6 Å². The predicted octanol–water partition coefficient (Wildman–Crippen LogP) is 3.58. The van der Waals surface area contributed by atoms with Gasteiger partial charge in [0.1, 0.15) is 5.76 Å². The van der Waals surface area contributed by atoms with Crippen molar-refractivity contribution in [3.05, 3.63) is 101 Å². The lowest BCUT2D eigenvalue weighted by molar-refractivity contribution is -0.132. The lowest BCUT2D eigenvalue weighted by Gasteiger charge is -2.25. The number of aryl methyl sites for hydroxylation is 2. The molecule has 1 unspecified atom stereocenters. The molecular formula is C25H22N2O5S.